The molecule has 0 saturated heterocycles. The predicted octanol–water partition coefficient (Wildman–Crippen LogP) is 4.58. The van der Waals surface area contributed by atoms with Gasteiger partial charge in [0, 0.05) is 25.4 Å². The highest BCUT2D eigenvalue weighted by molar-refractivity contribution is 5.79. The van der Waals surface area contributed by atoms with E-state index in [9.17, 15) is 9.59 Å². The lowest BCUT2D eigenvalue weighted by Gasteiger charge is -2.31. The highest BCUT2D eigenvalue weighted by atomic mass is 16.4. The van der Waals surface area contributed by atoms with E-state index in [2.05, 4.69) is 34.6 Å². The van der Waals surface area contributed by atoms with Gasteiger partial charge >= 0.3 is 5.97 Å². The van der Waals surface area contributed by atoms with Crippen molar-refractivity contribution in [2.45, 2.75) is 79.6 Å². The number of carboxylic acid groups (broad SMARTS) is 1. The van der Waals surface area contributed by atoms with Crippen LogP contribution in [0, 0.1) is 17.8 Å². The highest BCUT2D eigenvalue weighted by Gasteiger charge is 2.25. The third-order valence-corrected chi connectivity index (χ3v) is 4.70. The Kier molecular flexibility index (Phi) is 11.8. The second kappa shape index (κ2) is 12.4. The fraction of sp³-hybridized carbons (Fsp3) is 0.895. The van der Waals surface area contributed by atoms with Crippen LogP contribution in [0.25, 0.3) is 0 Å². The summed E-state index contributed by atoms with van der Waals surface area (Å²) < 4.78 is 0. The van der Waals surface area contributed by atoms with Crippen molar-refractivity contribution < 1.29 is 14.7 Å². The molecule has 0 aliphatic rings. The number of amides is 1. The van der Waals surface area contributed by atoms with E-state index in [1.165, 1.54) is 0 Å². The fourth-order valence-electron chi connectivity index (χ4n) is 2.76. The van der Waals surface area contributed by atoms with E-state index >= 15 is 0 Å². The summed E-state index contributed by atoms with van der Waals surface area (Å²) in [6.07, 6.45) is 5.40. The molecule has 4 nitrogen and oxygen atoms in total. The molecular formula is C19H37NO3. The first-order valence-corrected chi connectivity index (χ1v) is 9.36. The van der Waals surface area contributed by atoms with Crippen LogP contribution >= 0.6 is 0 Å². The Labute approximate surface area is 142 Å². The third-order valence-electron chi connectivity index (χ3n) is 4.70. The standard InChI is InChI=1S/C19H37NO3/c1-6-10-17(11-9-12-18(21)22)19(23)20(13-15(4)7-2)14-16(5)8-3/h15-17H,6-14H2,1-5H3,(H,21,22). The first-order chi connectivity index (χ1) is 10.8. The van der Waals surface area contributed by atoms with Crippen LogP contribution in [0.3, 0.4) is 0 Å². The van der Waals surface area contributed by atoms with E-state index in [0.29, 0.717) is 24.7 Å². The highest BCUT2D eigenvalue weighted by Crippen LogP contribution is 2.21. The van der Waals surface area contributed by atoms with Crippen molar-refractivity contribution in [1.29, 1.82) is 0 Å². The summed E-state index contributed by atoms with van der Waals surface area (Å²) in [4.78, 5) is 25.8. The fourth-order valence-corrected chi connectivity index (χ4v) is 2.76. The Bertz CT molecular complexity index is 332. The second-order valence-corrected chi connectivity index (χ2v) is 7.04. The van der Waals surface area contributed by atoms with Gasteiger partial charge in [-0.1, -0.05) is 53.9 Å². The molecule has 0 aromatic rings. The number of rotatable bonds is 13. The van der Waals surface area contributed by atoms with Crippen LogP contribution < -0.4 is 0 Å². The number of hydrogen-bond donors (Lipinski definition) is 1. The summed E-state index contributed by atoms with van der Waals surface area (Å²) in [5.41, 5.74) is 0. The molecule has 0 aliphatic carbocycles. The quantitative estimate of drug-likeness (QED) is 0.539. The molecule has 136 valence electrons. The number of hydrogen-bond acceptors (Lipinski definition) is 2. The van der Waals surface area contributed by atoms with E-state index in [0.717, 1.165) is 38.8 Å². The van der Waals surface area contributed by atoms with Gasteiger partial charge in [-0.05, 0) is 31.1 Å². The molecule has 0 aromatic heterocycles. The third kappa shape index (κ3) is 9.62. The van der Waals surface area contributed by atoms with Gasteiger partial charge in [0.15, 0.2) is 0 Å². The molecule has 4 heteroatoms. The molecule has 0 fully saturated rings. The van der Waals surface area contributed by atoms with Gasteiger partial charge in [-0.25, -0.2) is 0 Å². The summed E-state index contributed by atoms with van der Waals surface area (Å²) in [6, 6.07) is 0. The number of nitrogens with zero attached hydrogens (tertiary/aromatic N) is 1. The van der Waals surface area contributed by atoms with Crippen LogP contribution in [-0.2, 0) is 9.59 Å². The van der Waals surface area contributed by atoms with Crippen molar-refractivity contribution in [2.75, 3.05) is 13.1 Å². The smallest absolute Gasteiger partial charge is 0.303 e. The lowest BCUT2D eigenvalue weighted by Crippen LogP contribution is -2.41. The van der Waals surface area contributed by atoms with E-state index in [4.69, 9.17) is 5.11 Å². The summed E-state index contributed by atoms with van der Waals surface area (Å²) in [5, 5.41) is 8.81. The average Bonchev–Trinajstić information content (AvgIpc) is 2.51. The monoisotopic (exact) mass is 327 g/mol. The average molecular weight is 328 g/mol. The number of carbonyl (C=O) groups excluding carboxylic acids is 1. The van der Waals surface area contributed by atoms with Gasteiger partial charge in [0.1, 0.15) is 0 Å². The van der Waals surface area contributed by atoms with Crippen LogP contribution in [0.4, 0.5) is 0 Å². The Balaban J connectivity index is 4.88. The normalized spacial score (nSPS) is 15.0. The van der Waals surface area contributed by atoms with E-state index in [1.54, 1.807) is 0 Å². The van der Waals surface area contributed by atoms with Gasteiger partial charge in [-0.3, -0.25) is 9.59 Å². The number of aliphatic carboxylic acids is 1. The van der Waals surface area contributed by atoms with Crippen molar-refractivity contribution in [2.24, 2.45) is 17.8 Å². The largest absolute Gasteiger partial charge is 0.481 e. The molecule has 0 saturated carbocycles. The maximum Gasteiger partial charge on any atom is 0.303 e. The molecule has 3 unspecified atom stereocenters. The van der Waals surface area contributed by atoms with Crippen molar-refractivity contribution in [1.82, 2.24) is 4.90 Å². The molecule has 0 radical (unpaired) electrons. The number of carboxylic acids is 1. The Morgan fingerprint density at radius 1 is 0.957 bits per heavy atom. The molecule has 1 N–H and O–H groups in total. The lowest BCUT2D eigenvalue weighted by molar-refractivity contribution is -0.139. The van der Waals surface area contributed by atoms with Crippen molar-refractivity contribution in [3.8, 4) is 0 Å². The molecule has 0 aromatic carbocycles. The minimum Gasteiger partial charge on any atom is -0.481 e. The maximum absolute atomic E-state index is 13.0. The molecule has 23 heavy (non-hydrogen) atoms. The predicted molar refractivity (Wildman–Crippen MR) is 95.4 cm³/mol. The van der Waals surface area contributed by atoms with Gasteiger partial charge in [0.2, 0.25) is 5.91 Å². The zero-order valence-electron chi connectivity index (χ0n) is 15.8. The Morgan fingerprint density at radius 2 is 1.48 bits per heavy atom. The molecule has 0 rings (SSSR count). The van der Waals surface area contributed by atoms with Gasteiger partial charge < -0.3 is 10.0 Å². The first-order valence-electron chi connectivity index (χ1n) is 9.36. The van der Waals surface area contributed by atoms with Gasteiger partial charge in [-0.15, -0.1) is 0 Å². The molecule has 0 aliphatic heterocycles. The van der Waals surface area contributed by atoms with Crippen molar-refractivity contribution in [3.63, 3.8) is 0 Å². The van der Waals surface area contributed by atoms with Crippen molar-refractivity contribution >= 4 is 11.9 Å². The Morgan fingerprint density at radius 3 is 1.87 bits per heavy atom. The van der Waals surface area contributed by atoms with Crippen LogP contribution in [0.2, 0.25) is 0 Å². The minimum atomic E-state index is -0.774. The molecular weight excluding hydrogens is 290 g/mol. The summed E-state index contributed by atoms with van der Waals surface area (Å²) in [5.74, 6) is 0.447. The number of carbonyl (C=O) groups is 2. The van der Waals surface area contributed by atoms with E-state index < -0.39 is 5.97 Å². The molecule has 3 atom stereocenters. The van der Waals surface area contributed by atoms with E-state index in [-0.39, 0.29) is 18.2 Å². The minimum absolute atomic E-state index is 0.0209. The molecule has 1 amide bonds. The van der Waals surface area contributed by atoms with Crippen LogP contribution in [0.5, 0.6) is 0 Å². The van der Waals surface area contributed by atoms with Gasteiger partial charge in [-0.2, -0.15) is 0 Å². The van der Waals surface area contributed by atoms with Crippen LogP contribution in [-0.4, -0.2) is 35.0 Å². The summed E-state index contributed by atoms with van der Waals surface area (Å²) in [7, 11) is 0. The summed E-state index contributed by atoms with van der Waals surface area (Å²) in [6.45, 7) is 12.4. The molecule has 0 spiro atoms. The lowest BCUT2D eigenvalue weighted by atomic mass is 9.94. The molecule has 0 heterocycles. The summed E-state index contributed by atoms with van der Waals surface area (Å²) >= 11 is 0. The van der Waals surface area contributed by atoms with E-state index in [1.807, 2.05) is 4.90 Å². The zero-order chi connectivity index (χ0) is 17.8. The zero-order valence-corrected chi connectivity index (χ0v) is 15.8. The maximum atomic E-state index is 13.0. The SMILES string of the molecule is CCCC(CCCC(=O)O)C(=O)N(CC(C)CC)CC(C)CC. The van der Waals surface area contributed by atoms with Gasteiger partial charge in [0.25, 0.3) is 0 Å². The second-order valence-electron chi connectivity index (χ2n) is 7.04. The molecule has 0 bridgehead atoms. The van der Waals surface area contributed by atoms with Crippen LogP contribution in [0.15, 0.2) is 0 Å². The van der Waals surface area contributed by atoms with Gasteiger partial charge in [0.05, 0.1) is 0 Å². The van der Waals surface area contributed by atoms with Crippen LogP contribution in [0.1, 0.15) is 79.6 Å². The first kappa shape index (κ1) is 21.9. The topological polar surface area (TPSA) is 57.6 Å². The Hall–Kier alpha value is -1.06. The van der Waals surface area contributed by atoms with Crippen molar-refractivity contribution in [3.05, 3.63) is 0 Å².